The summed E-state index contributed by atoms with van der Waals surface area (Å²) in [5, 5.41) is 6.49. The van der Waals surface area contributed by atoms with E-state index >= 15 is 0 Å². The first-order chi connectivity index (χ1) is 11.3. The third kappa shape index (κ3) is 4.93. The van der Waals surface area contributed by atoms with Crippen LogP contribution >= 0.6 is 0 Å². The summed E-state index contributed by atoms with van der Waals surface area (Å²) in [7, 11) is 0. The SMILES string of the molecule is O=C(Nc1ccc(NC2CCCCCC2)cn1)C1CCOCC1. The Labute approximate surface area is 138 Å². The van der Waals surface area contributed by atoms with Gasteiger partial charge in [0, 0.05) is 25.2 Å². The maximum absolute atomic E-state index is 12.2. The number of carbonyl (C=O) groups is 1. The van der Waals surface area contributed by atoms with Crippen LogP contribution in [-0.4, -0.2) is 30.1 Å². The van der Waals surface area contributed by atoms with Gasteiger partial charge in [0.2, 0.25) is 5.91 Å². The zero-order valence-electron chi connectivity index (χ0n) is 13.7. The molecule has 1 saturated heterocycles. The minimum Gasteiger partial charge on any atom is -0.381 e. The summed E-state index contributed by atoms with van der Waals surface area (Å²) in [5.41, 5.74) is 1.04. The van der Waals surface area contributed by atoms with E-state index in [0.29, 0.717) is 25.1 Å². The first kappa shape index (κ1) is 16.2. The molecule has 1 saturated carbocycles. The van der Waals surface area contributed by atoms with Crippen molar-refractivity contribution >= 4 is 17.4 Å². The molecule has 3 rings (SSSR count). The van der Waals surface area contributed by atoms with E-state index in [1.807, 2.05) is 18.3 Å². The fourth-order valence-corrected chi connectivity index (χ4v) is 3.40. The molecule has 2 N–H and O–H groups in total. The number of pyridine rings is 1. The van der Waals surface area contributed by atoms with Gasteiger partial charge in [0.1, 0.15) is 5.82 Å². The van der Waals surface area contributed by atoms with E-state index in [4.69, 9.17) is 4.74 Å². The van der Waals surface area contributed by atoms with Crippen LogP contribution in [-0.2, 0) is 9.53 Å². The summed E-state index contributed by atoms with van der Waals surface area (Å²) in [6, 6.07) is 4.45. The highest BCUT2D eigenvalue weighted by Crippen LogP contribution is 2.22. The van der Waals surface area contributed by atoms with Gasteiger partial charge in [0.15, 0.2) is 0 Å². The Hall–Kier alpha value is -1.62. The van der Waals surface area contributed by atoms with Gasteiger partial charge >= 0.3 is 0 Å². The summed E-state index contributed by atoms with van der Waals surface area (Å²) in [5.74, 6) is 0.743. The Morgan fingerprint density at radius 2 is 1.78 bits per heavy atom. The molecule has 0 atom stereocenters. The predicted molar refractivity (Wildman–Crippen MR) is 91.5 cm³/mol. The maximum Gasteiger partial charge on any atom is 0.228 e. The fraction of sp³-hybridized carbons (Fsp3) is 0.667. The zero-order valence-corrected chi connectivity index (χ0v) is 13.7. The van der Waals surface area contributed by atoms with E-state index in [1.165, 1.54) is 38.5 Å². The Kier molecular flexibility index (Phi) is 5.86. The highest BCUT2D eigenvalue weighted by molar-refractivity contribution is 5.91. The normalized spacial score (nSPS) is 20.7. The van der Waals surface area contributed by atoms with Crippen molar-refractivity contribution in [3.05, 3.63) is 18.3 Å². The van der Waals surface area contributed by atoms with Crippen molar-refractivity contribution in [2.24, 2.45) is 5.92 Å². The Morgan fingerprint density at radius 3 is 2.43 bits per heavy atom. The molecule has 1 aliphatic heterocycles. The molecule has 0 unspecified atom stereocenters. The Bertz CT molecular complexity index is 489. The lowest BCUT2D eigenvalue weighted by molar-refractivity contribution is -0.122. The molecule has 2 fully saturated rings. The molecule has 0 spiro atoms. The van der Waals surface area contributed by atoms with Crippen LogP contribution < -0.4 is 10.6 Å². The second-order valence-electron chi connectivity index (χ2n) is 6.64. The van der Waals surface area contributed by atoms with Gasteiger partial charge in [-0.1, -0.05) is 25.7 Å². The average Bonchev–Trinajstić information content (AvgIpc) is 2.86. The number of hydrogen-bond acceptors (Lipinski definition) is 4. The molecular weight excluding hydrogens is 290 g/mol. The lowest BCUT2D eigenvalue weighted by atomic mass is 9.99. The Balaban J connectivity index is 1.51. The maximum atomic E-state index is 12.2. The lowest BCUT2D eigenvalue weighted by Crippen LogP contribution is -2.28. The quantitative estimate of drug-likeness (QED) is 0.833. The van der Waals surface area contributed by atoms with E-state index < -0.39 is 0 Å². The van der Waals surface area contributed by atoms with Gasteiger partial charge in [-0.15, -0.1) is 0 Å². The number of hydrogen-bond donors (Lipinski definition) is 2. The van der Waals surface area contributed by atoms with E-state index in [1.54, 1.807) is 0 Å². The molecule has 126 valence electrons. The minimum absolute atomic E-state index is 0.0503. The molecule has 5 heteroatoms. The summed E-state index contributed by atoms with van der Waals surface area (Å²) < 4.78 is 5.29. The van der Waals surface area contributed by atoms with Crippen molar-refractivity contribution in [2.75, 3.05) is 23.8 Å². The molecule has 23 heavy (non-hydrogen) atoms. The molecule has 2 aliphatic rings. The number of carbonyl (C=O) groups excluding carboxylic acids is 1. The lowest BCUT2D eigenvalue weighted by Gasteiger charge is -2.21. The van der Waals surface area contributed by atoms with Crippen molar-refractivity contribution in [3.8, 4) is 0 Å². The number of aromatic nitrogens is 1. The van der Waals surface area contributed by atoms with E-state index in [9.17, 15) is 4.79 Å². The second kappa shape index (κ2) is 8.29. The summed E-state index contributed by atoms with van der Waals surface area (Å²) in [6.45, 7) is 1.35. The largest absolute Gasteiger partial charge is 0.381 e. The number of anilines is 2. The zero-order chi connectivity index (χ0) is 15.9. The molecule has 1 aliphatic carbocycles. The molecule has 0 bridgehead atoms. The van der Waals surface area contributed by atoms with Crippen molar-refractivity contribution in [1.29, 1.82) is 0 Å². The summed E-state index contributed by atoms with van der Waals surface area (Å²) >= 11 is 0. The van der Waals surface area contributed by atoms with Crippen LogP contribution in [0.1, 0.15) is 51.4 Å². The molecule has 2 heterocycles. The van der Waals surface area contributed by atoms with Crippen molar-refractivity contribution < 1.29 is 9.53 Å². The molecular formula is C18H27N3O2. The van der Waals surface area contributed by atoms with E-state index in [0.717, 1.165) is 18.5 Å². The van der Waals surface area contributed by atoms with Crippen LogP contribution in [0.3, 0.4) is 0 Å². The topological polar surface area (TPSA) is 63.2 Å². The van der Waals surface area contributed by atoms with E-state index in [-0.39, 0.29) is 11.8 Å². The van der Waals surface area contributed by atoms with Gasteiger partial charge in [-0.05, 0) is 37.8 Å². The number of nitrogens with zero attached hydrogens (tertiary/aromatic N) is 1. The van der Waals surface area contributed by atoms with Gasteiger partial charge < -0.3 is 15.4 Å². The first-order valence-electron chi connectivity index (χ1n) is 8.92. The van der Waals surface area contributed by atoms with Gasteiger partial charge in [-0.2, -0.15) is 0 Å². The second-order valence-corrected chi connectivity index (χ2v) is 6.64. The number of rotatable bonds is 4. The summed E-state index contributed by atoms with van der Waals surface area (Å²) in [6.07, 6.45) is 11.2. The van der Waals surface area contributed by atoms with Crippen LogP contribution in [0.25, 0.3) is 0 Å². The smallest absolute Gasteiger partial charge is 0.228 e. The molecule has 1 amide bonds. The number of nitrogens with one attached hydrogen (secondary N) is 2. The molecule has 0 aromatic carbocycles. The van der Waals surface area contributed by atoms with Crippen LogP contribution in [0.2, 0.25) is 0 Å². The Morgan fingerprint density at radius 1 is 1.04 bits per heavy atom. The predicted octanol–water partition coefficient (Wildman–Crippen LogP) is 3.58. The molecule has 1 aromatic heterocycles. The van der Waals surface area contributed by atoms with Crippen LogP contribution in [0, 0.1) is 5.92 Å². The van der Waals surface area contributed by atoms with Crippen LogP contribution in [0.15, 0.2) is 18.3 Å². The average molecular weight is 317 g/mol. The third-order valence-corrected chi connectivity index (χ3v) is 4.83. The van der Waals surface area contributed by atoms with Gasteiger partial charge in [0.05, 0.1) is 11.9 Å². The van der Waals surface area contributed by atoms with Gasteiger partial charge in [-0.3, -0.25) is 4.79 Å². The molecule has 0 radical (unpaired) electrons. The highest BCUT2D eigenvalue weighted by atomic mass is 16.5. The van der Waals surface area contributed by atoms with Crippen molar-refractivity contribution in [1.82, 2.24) is 4.98 Å². The van der Waals surface area contributed by atoms with Gasteiger partial charge in [-0.25, -0.2) is 4.98 Å². The fourth-order valence-electron chi connectivity index (χ4n) is 3.40. The molecule has 5 nitrogen and oxygen atoms in total. The van der Waals surface area contributed by atoms with Crippen molar-refractivity contribution in [2.45, 2.75) is 57.4 Å². The standard InChI is InChI=1S/C18H27N3O2/c22-18(14-9-11-23-12-10-14)21-17-8-7-16(13-19-17)20-15-5-3-1-2-4-6-15/h7-8,13-15,20H,1-6,9-12H2,(H,19,21,22). The summed E-state index contributed by atoms with van der Waals surface area (Å²) in [4.78, 5) is 16.6. The number of ether oxygens (including phenoxy) is 1. The third-order valence-electron chi connectivity index (χ3n) is 4.83. The molecule has 1 aromatic rings. The van der Waals surface area contributed by atoms with Crippen LogP contribution in [0.5, 0.6) is 0 Å². The monoisotopic (exact) mass is 317 g/mol. The van der Waals surface area contributed by atoms with Crippen molar-refractivity contribution in [3.63, 3.8) is 0 Å². The number of amides is 1. The minimum atomic E-state index is 0.0503. The van der Waals surface area contributed by atoms with Crippen LogP contribution in [0.4, 0.5) is 11.5 Å². The first-order valence-corrected chi connectivity index (χ1v) is 8.92. The van der Waals surface area contributed by atoms with E-state index in [2.05, 4.69) is 15.6 Å². The van der Waals surface area contributed by atoms with Gasteiger partial charge in [0.25, 0.3) is 0 Å². The highest BCUT2D eigenvalue weighted by Gasteiger charge is 2.21.